The molecule has 0 aliphatic heterocycles. The lowest BCUT2D eigenvalue weighted by Gasteiger charge is -2.26. The minimum absolute atomic E-state index is 0.0569. The molecule has 0 saturated carbocycles. The van der Waals surface area contributed by atoms with Gasteiger partial charge >= 0.3 is 28.6 Å². The van der Waals surface area contributed by atoms with E-state index in [-0.39, 0.29) is 30.8 Å². The summed E-state index contributed by atoms with van der Waals surface area (Å²) in [4.78, 5) is 13.4. The summed E-state index contributed by atoms with van der Waals surface area (Å²) in [5, 5.41) is 0. The predicted molar refractivity (Wildman–Crippen MR) is 132 cm³/mol. The third-order valence-corrected chi connectivity index (χ3v) is 6.90. The molecule has 5 nitrogen and oxygen atoms in total. The van der Waals surface area contributed by atoms with Crippen molar-refractivity contribution in [3.05, 3.63) is 94.5 Å². The van der Waals surface area contributed by atoms with Gasteiger partial charge < -0.3 is 9.08 Å². The van der Waals surface area contributed by atoms with E-state index in [9.17, 15) is 52.7 Å². The van der Waals surface area contributed by atoms with Crippen molar-refractivity contribution in [3.8, 4) is 5.75 Å². The standard InChI is InChI=1S/C27H22F9NO4S/c1-16(2)14-37(24(38)18-10-20(26(31,32)33)12-21(11-18)27(34,35)36)15-17-6-8-22(9-7-17)41-42(39,40)23-5-3-4-19(13-23)25(28,29)30/h3-13,16H,14-15H2,1-2H3. The van der Waals surface area contributed by atoms with Crippen LogP contribution in [0.1, 0.15) is 46.5 Å². The maximum atomic E-state index is 13.3. The van der Waals surface area contributed by atoms with E-state index in [1.165, 1.54) is 12.1 Å². The molecule has 0 bridgehead atoms. The average molecular weight is 628 g/mol. The second-order valence-electron chi connectivity index (χ2n) is 9.58. The molecule has 3 rings (SSSR count). The predicted octanol–water partition coefficient (Wildman–Crippen LogP) is 7.81. The summed E-state index contributed by atoms with van der Waals surface area (Å²) in [6.07, 6.45) is -15.1. The number of halogens is 9. The van der Waals surface area contributed by atoms with Crippen molar-refractivity contribution in [2.24, 2.45) is 5.92 Å². The number of carbonyl (C=O) groups excluding carboxylic acids is 1. The van der Waals surface area contributed by atoms with Gasteiger partial charge in [-0.15, -0.1) is 0 Å². The van der Waals surface area contributed by atoms with Gasteiger partial charge in [0.1, 0.15) is 10.6 Å². The molecule has 0 aliphatic carbocycles. The molecule has 0 fully saturated rings. The first-order valence-corrected chi connectivity index (χ1v) is 13.4. The highest BCUT2D eigenvalue weighted by molar-refractivity contribution is 7.87. The van der Waals surface area contributed by atoms with Crippen molar-refractivity contribution >= 4 is 16.0 Å². The number of alkyl halides is 9. The molecule has 0 atom stereocenters. The van der Waals surface area contributed by atoms with Crippen LogP contribution in [0.3, 0.4) is 0 Å². The lowest BCUT2D eigenvalue weighted by molar-refractivity contribution is -0.143. The number of benzene rings is 3. The van der Waals surface area contributed by atoms with Crippen LogP contribution in [-0.4, -0.2) is 25.8 Å². The molecule has 0 aliphatic rings. The molecule has 0 heterocycles. The van der Waals surface area contributed by atoms with E-state index in [0.717, 1.165) is 29.2 Å². The molecule has 15 heteroatoms. The van der Waals surface area contributed by atoms with Gasteiger partial charge in [0, 0.05) is 18.7 Å². The zero-order valence-electron chi connectivity index (χ0n) is 21.7. The molecule has 0 unspecified atom stereocenters. The third kappa shape index (κ3) is 8.39. The van der Waals surface area contributed by atoms with Crippen LogP contribution in [0, 0.1) is 5.92 Å². The van der Waals surface area contributed by atoms with Crippen molar-refractivity contribution in [2.75, 3.05) is 6.54 Å². The Hall–Kier alpha value is -3.75. The van der Waals surface area contributed by atoms with Crippen LogP contribution in [-0.2, 0) is 35.2 Å². The number of amides is 1. The highest BCUT2D eigenvalue weighted by atomic mass is 32.2. The Morgan fingerprint density at radius 1 is 0.762 bits per heavy atom. The molecular formula is C27H22F9NO4S. The van der Waals surface area contributed by atoms with Gasteiger partial charge in [-0.2, -0.15) is 47.9 Å². The first-order chi connectivity index (χ1) is 19.2. The Kier molecular flexibility index (Phi) is 9.25. The first kappa shape index (κ1) is 32.8. The quantitative estimate of drug-likeness (QED) is 0.189. The molecule has 0 spiro atoms. The summed E-state index contributed by atoms with van der Waals surface area (Å²) in [7, 11) is -4.68. The summed E-state index contributed by atoms with van der Waals surface area (Å²) in [6, 6.07) is 8.29. The smallest absolute Gasteiger partial charge is 0.379 e. The number of hydrogen-bond acceptors (Lipinski definition) is 4. The molecule has 0 radical (unpaired) electrons. The van der Waals surface area contributed by atoms with Crippen LogP contribution >= 0.6 is 0 Å². The zero-order chi connectivity index (χ0) is 31.7. The Morgan fingerprint density at radius 3 is 1.76 bits per heavy atom. The van der Waals surface area contributed by atoms with Crippen LogP contribution in [0.2, 0.25) is 0 Å². The van der Waals surface area contributed by atoms with Crippen LogP contribution in [0.4, 0.5) is 39.5 Å². The Balaban J connectivity index is 1.87. The van der Waals surface area contributed by atoms with Gasteiger partial charge in [-0.1, -0.05) is 32.0 Å². The number of hydrogen-bond donors (Lipinski definition) is 0. The van der Waals surface area contributed by atoms with Crippen molar-refractivity contribution in [1.82, 2.24) is 4.90 Å². The molecule has 0 aromatic heterocycles. The van der Waals surface area contributed by atoms with Crippen molar-refractivity contribution in [3.63, 3.8) is 0 Å². The summed E-state index contributed by atoms with van der Waals surface area (Å²) >= 11 is 0. The van der Waals surface area contributed by atoms with Crippen LogP contribution < -0.4 is 4.18 Å². The topological polar surface area (TPSA) is 63.7 Å². The van der Waals surface area contributed by atoms with E-state index in [1.807, 2.05) is 0 Å². The lowest BCUT2D eigenvalue weighted by Crippen LogP contribution is -2.34. The Labute approximate surface area is 234 Å². The van der Waals surface area contributed by atoms with Crippen molar-refractivity contribution in [2.45, 2.75) is 43.8 Å². The summed E-state index contributed by atoms with van der Waals surface area (Å²) < 4.78 is 149. The fourth-order valence-corrected chi connectivity index (χ4v) is 4.77. The van der Waals surface area contributed by atoms with E-state index < -0.39 is 61.7 Å². The van der Waals surface area contributed by atoms with Gasteiger partial charge in [0.25, 0.3) is 5.91 Å². The molecule has 42 heavy (non-hydrogen) atoms. The van der Waals surface area contributed by atoms with Crippen molar-refractivity contribution in [1.29, 1.82) is 0 Å². The highest BCUT2D eigenvalue weighted by Gasteiger charge is 2.38. The summed E-state index contributed by atoms with van der Waals surface area (Å²) in [5.41, 5.74) is -5.02. The minimum atomic E-state index is -5.15. The number of rotatable bonds is 8. The lowest BCUT2D eigenvalue weighted by atomic mass is 10.0. The van der Waals surface area contributed by atoms with E-state index in [0.29, 0.717) is 29.8 Å². The summed E-state index contributed by atoms with van der Waals surface area (Å²) in [5.74, 6) is -1.65. The second kappa shape index (κ2) is 11.9. The molecule has 3 aromatic carbocycles. The van der Waals surface area contributed by atoms with Crippen LogP contribution in [0.5, 0.6) is 5.75 Å². The van der Waals surface area contributed by atoms with Crippen molar-refractivity contribution < 1.29 is 56.9 Å². The van der Waals surface area contributed by atoms with E-state index >= 15 is 0 Å². The van der Waals surface area contributed by atoms with E-state index in [4.69, 9.17) is 4.18 Å². The number of nitrogens with zero attached hydrogens (tertiary/aromatic N) is 1. The molecular weight excluding hydrogens is 605 g/mol. The monoisotopic (exact) mass is 627 g/mol. The van der Waals surface area contributed by atoms with Crippen LogP contribution in [0.15, 0.2) is 71.6 Å². The first-order valence-electron chi connectivity index (χ1n) is 12.0. The maximum Gasteiger partial charge on any atom is 0.416 e. The van der Waals surface area contributed by atoms with Gasteiger partial charge in [-0.25, -0.2) is 0 Å². The fraction of sp³-hybridized carbons (Fsp3) is 0.296. The Bertz CT molecular complexity index is 1500. The zero-order valence-corrected chi connectivity index (χ0v) is 22.5. The summed E-state index contributed by atoms with van der Waals surface area (Å²) in [6.45, 7) is 3.00. The molecule has 3 aromatic rings. The normalized spacial score (nSPS) is 12.9. The van der Waals surface area contributed by atoms with Gasteiger partial charge in [0.05, 0.1) is 16.7 Å². The molecule has 0 N–H and O–H groups in total. The van der Waals surface area contributed by atoms with E-state index in [1.54, 1.807) is 13.8 Å². The largest absolute Gasteiger partial charge is 0.416 e. The van der Waals surface area contributed by atoms with E-state index in [2.05, 4.69) is 0 Å². The minimum Gasteiger partial charge on any atom is -0.379 e. The van der Waals surface area contributed by atoms with Gasteiger partial charge in [0.2, 0.25) is 0 Å². The second-order valence-corrected chi connectivity index (χ2v) is 11.1. The molecule has 228 valence electrons. The maximum absolute atomic E-state index is 13.3. The Morgan fingerprint density at radius 2 is 1.29 bits per heavy atom. The third-order valence-electron chi connectivity index (χ3n) is 5.66. The van der Waals surface area contributed by atoms with Gasteiger partial charge in [-0.3, -0.25) is 4.79 Å². The molecule has 1 amide bonds. The number of carbonyl (C=O) groups is 1. The van der Waals surface area contributed by atoms with Crippen LogP contribution in [0.25, 0.3) is 0 Å². The van der Waals surface area contributed by atoms with Gasteiger partial charge in [0.15, 0.2) is 0 Å². The molecule has 0 saturated heterocycles. The fourth-order valence-electron chi connectivity index (χ4n) is 3.79. The van der Waals surface area contributed by atoms with Gasteiger partial charge in [-0.05, 0) is 60.0 Å². The SMILES string of the molecule is CC(C)CN(Cc1ccc(OS(=O)(=O)c2cccc(C(F)(F)F)c2)cc1)C(=O)c1cc(C(F)(F)F)cc(C(F)(F)F)c1. The highest BCUT2D eigenvalue weighted by Crippen LogP contribution is 2.37. The average Bonchev–Trinajstić information content (AvgIpc) is 2.87.